The average molecular weight is 316 g/mol. The lowest BCUT2D eigenvalue weighted by molar-refractivity contribution is 0.391. The molecular formula is C15H37N5Si. The molecule has 1 saturated heterocycles. The topological polar surface area (TPSA) is 74.1 Å². The highest BCUT2D eigenvalue weighted by Gasteiger charge is 2.31. The van der Waals surface area contributed by atoms with Gasteiger partial charge in [-0.2, -0.15) is 0 Å². The molecule has 5 nitrogen and oxygen atoms in total. The first-order valence-electron chi connectivity index (χ1n) is 8.48. The normalized spacial score (nSPS) is 34.0. The molecule has 1 rings (SSSR count). The zero-order valence-corrected chi connectivity index (χ0v) is 15.6. The van der Waals surface area contributed by atoms with Gasteiger partial charge in [-0.15, -0.1) is 0 Å². The Morgan fingerprint density at radius 1 is 0.810 bits per heavy atom. The fourth-order valence-electron chi connectivity index (χ4n) is 2.78. The van der Waals surface area contributed by atoms with Gasteiger partial charge in [0.05, 0.1) is 8.07 Å². The van der Waals surface area contributed by atoms with Crippen molar-refractivity contribution in [2.75, 3.05) is 32.7 Å². The van der Waals surface area contributed by atoms with E-state index in [2.05, 4.69) is 55.1 Å². The van der Waals surface area contributed by atoms with E-state index in [0.29, 0.717) is 23.8 Å². The van der Waals surface area contributed by atoms with E-state index in [1.54, 1.807) is 0 Å². The van der Waals surface area contributed by atoms with Crippen molar-refractivity contribution in [3.05, 3.63) is 0 Å². The molecule has 4 atom stereocenters. The minimum absolute atomic E-state index is 0.497. The van der Waals surface area contributed by atoms with E-state index in [9.17, 15) is 0 Å². The van der Waals surface area contributed by atoms with Crippen LogP contribution >= 0.6 is 0 Å². The van der Waals surface area contributed by atoms with Crippen molar-refractivity contribution in [2.45, 2.75) is 63.7 Å². The van der Waals surface area contributed by atoms with Crippen LogP contribution in [0.4, 0.5) is 0 Å². The summed E-state index contributed by atoms with van der Waals surface area (Å²) in [4.78, 5) is 0. The fourth-order valence-corrected chi connectivity index (χ4v) is 5.21. The summed E-state index contributed by atoms with van der Waals surface area (Å²) in [5.74, 6) is 0. The van der Waals surface area contributed by atoms with E-state index < -0.39 is 8.07 Å². The molecule has 0 bridgehead atoms. The quantitative estimate of drug-likeness (QED) is 0.478. The standard InChI is InChI=1S/C15H37N5Si/c1-12-8-18-14(3)10-20-15(21(4,5)7-6-16)11-19-13(2)9-17-12/h12-15,17-20H,6-11,16H2,1-5H3. The third-order valence-corrected chi connectivity index (χ3v) is 8.49. The van der Waals surface area contributed by atoms with Crippen molar-refractivity contribution in [3.63, 3.8) is 0 Å². The molecule has 1 heterocycles. The smallest absolute Gasteiger partial charge is 0.0694 e. The van der Waals surface area contributed by atoms with Crippen LogP contribution in [0.3, 0.4) is 0 Å². The molecule has 126 valence electrons. The van der Waals surface area contributed by atoms with Crippen molar-refractivity contribution >= 4 is 8.07 Å². The molecule has 4 unspecified atom stereocenters. The molecular weight excluding hydrogens is 278 g/mol. The highest BCUT2D eigenvalue weighted by molar-refractivity contribution is 6.79. The highest BCUT2D eigenvalue weighted by atomic mass is 28.3. The SMILES string of the molecule is CC1CNC(C)CNC([Si](C)(C)CCN)CNC(C)CN1. The van der Waals surface area contributed by atoms with Gasteiger partial charge in [0.15, 0.2) is 0 Å². The second-order valence-electron chi connectivity index (χ2n) is 7.42. The van der Waals surface area contributed by atoms with Crippen molar-refractivity contribution in [3.8, 4) is 0 Å². The van der Waals surface area contributed by atoms with Crippen LogP contribution in [0, 0.1) is 0 Å². The van der Waals surface area contributed by atoms with Crippen molar-refractivity contribution < 1.29 is 0 Å². The first-order chi connectivity index (χ1) is 9.85. The largest absolute Gasteiger partial charge is 0.331 e. The lowest BCUT2D eigenvalue weighted by atomic mass is 10.2. The Bertz CT molecular complexity index is 269. The summed E-state index contributed by atoms with van der Waals surface area (Å²) in [5.41, 5.74) is 6.40. The van der Waals surface area contributed by atoms with E-state index in [-0.39, 0.29) is 0 Å². The maximum atomic E-state index is 5.83. The van der Waals surface area contributed by atoms with E-state index in [1.165, 1.54) is 6.04 Å². The summed E-state index contributed by atoms with van der Waals surface area (Å²) in [6, 6.07) is 2.68. The van der Waals surface area contributed by atoms with E-state index in [1.807, 2.05) is 0 Å². The maximum Gasteiger partial charge on any atom is 0.0694 e. The Balaban J connectivity index is 2.66. The molecule has 0 radical (unpaired) electrons. The second kappa shape index (κ2) is 9.22. The third-order valence-electron chi connectivity index (χ3n) is 4.62. The van der Waals surface area contributed by atoms with Crippen LogP contribution < -0.4 is 27.0 Å². The van der Waals surface area contributed by atoms with E-state index in [4.69, 9.17) is 5.73 Å². The zero-order chi connectivity index (χ0) is 15.9. The Labute approximate surface area is 132 Å². The molecule has 0 aromatic rings. The van der Waals surface area contributed by atoms with Crippen molar-refractivity contribution in [2.24, 2.45) is 5.73 Å². The third kappa shape index (κ3) is 7.21. The molecule has 0 amide bonds. The van der Waals surface area contributed by atoms with Gasteiger partial charge in [0.25, 0.3) is 0 Å². The zero-order valence-electron chi connectivity index (χ0n) is 14.6. The van der Waals surface area contributed by atoms with Gasteiger partial charge in [-0.3, -0.25) is 0 Å². The van der Waals surface area contributed by atoms with Gasteiger partial charge in [0.1, 0.15) is 0 Å². The molecule has 1 aliphatic rings. The van der Waals surface area contributed by atoms with Crippen LogP contribution in [0.15, 0.2) is 0 Å². The van der Waals surface area contributed by atoms with Gasteiger partial charge in [-0.05, 0) is 33.4 Å². The summed E-state index contributed by atoms with van der Waals surface area (Å²) < 4.78 is 0. The Hall–Kier alpha value is 0.0169. The number of hydrogen-bond donors (Lipinski definition) is 5. The van der Waals surface area contributed by atoms with Crippen LogP contribution in [0.25, 0.3) is 0 Å². The summed E-state index contributed by atoms with van der Waals surface area (Å²) in [7, 11) is -1.34. The maximum absolute atomic E-state index is 5.83. The van der Waals surface area contributed by atoms with Gasteiger partial charge >= 0.3 is 0 Å². The van der Waals surface area contributed by atoms with Crippen molar-refractivity contribution in [1.29, 1.82) is 0 Å². The fraction of sp³-hybridized carbons (Fsp3) is 1.00. The number of nitrogens with one attached hydrogen (secondary N) is 4. The Kier molecular flexibility index (Phi) is 8.37. The predicted molar refractivity (Wildman–Crippen MR) is 95.5 cm³/mol. The van der Waals surface area contributed by atoms with Gasteiger partial charge in [-0.25, -0.2) is 0 Å². The molecule has 21 heavy (non-hydrogen) atoms. The number of nitrogens with two attached hydrogens (primary N) is 1. The summed E-state index contributed by atoms with van der Waals surface area (Å²) in [5, 5.41) is 14.7. The number of hydrogen-bond acceptors (Lipinski definition) is 5. The molecule has 0 aromatic heterocycles. The molecule has 0 spiro atoms. The van der Waals surface area contributed by atoms with Gasteiger partial charge in [-0.1, -0.05) is 13.1 Å². The number of rotatable bonds is 3. The predicted octanol–water partition coefficient (Wildman–Crippen LogP) is 0.0988. The molecule has 6 N–H and O–H groups in total. The van der Waals surface area contributed by atoms with E-state index in [0.717, 1.165) is 32.7 Å². The highest BCUT2D eigenvalue weighted by Crippen LogP contribution is 2.13. The molecule has 0 saturated carbocycles. The van der Waals surface area contributed by atoms with Crippen molar-refractivity contribution in [1.82, 2.24) is 21.3 Å². The lowest BCUT2D eigenvalue weighted by Gasteiger charge is -2.36. The summed E-state index contributed by atoms with van der Waals surface area (Å²) >= 11 is 0. The Morgan fingerprint density at radius 3 is 1.71 bits per heavy atom. The van der Waals surface area contributed by atoms with Crippen LogP contribution in [0.1, 0.15) is 20.8 Å². The monoisotopic (exact) mass is 315 g/mol. The first kappa shape index (κ1) is 19.1. The van der Waals surface area contributed by atoms with Crippen LogP contribution in [-0.2, 0) is 0 Å². The first-order valence-corrected chi connectivity index (χ1v) is 11.8. The molecule has 0 aliphatic carbocycles. The summed E-state index contributed by atoms with van der Waals surface area (Å²) in [6.07, 6.45) is 0. The minimum Gasteiger partial charge on any atom is -0.331 e. The summed E-state index contributed by atoms with van der Waals surface area (Å²) in [6.45, 7) is 16.6. The minimum atomic E-state index is -1.34. The molecule has 1 fully saturated rings. The Morgan fingerprint density at radius 2 is 1.24 bits per heavy atom. The molecule has 1 aliphatic heterocycles. The van der Waals surface area contributed by atoms with Gasteiger partial charge in [0, 0.05) is 50.0 Å². The average Bonchev–Trinajstić information content (AvgIpc) is 2.41. The van der Waals surface area contributed by atoms with Crippen LogP contribution in [-0.4, -0.2) is 64.6 Å². The van der Waals surface area contributed by atoms with Gasteiger partial charge in [0.2, 0.25) is 0 Å². The van der Waals surface area contributed by atoms with Gasteiger partial charge < -0.3 is 27.0 Å². The van der Waals surface area contributed by atoms with Crippen LogP contribution in [0.5, 0.6) is 0 Å². The molecule has 0 aromatic carbocycles. The second-order valence-corrected chi connectivity index (χ2v) is 12.6. The molecule has 6 heteroatoms. The lowest BCUT2D eigenvalue weighted by Crippen LogP contribution is -2.60. The van der Waals surface area contributed by atoms with E-state index >= 15 is 0 Å². The van der Waals surface area contributed by atoms with Crippen LogP contribution in [0.2, 0.25) is 19.1 Å².